The van der Waals surface area contributed by atoms with E-state index in [-0.39, 0.29) is 11.2 Å². The van der Waals surface area contributed by atoms with Crippen LogP contribution in [0.4, 0.5) is 5.69 Å². The predicted molar refractivity (Wildman–Crippen MR) is 51.3 cm³/mol. The maximum atomic E-state index is 11.4. The van der Waals surface area contributed by atoms with Gasteiger partial charge in [-0.2, -0.15) is 0 Å². The topological polar surface area (TPSA) is 60.4 Å². The second kappa shape index (κ2) is 2.62. The van der Waals surface area contributed by atoms with Gasteiger partial charge < -0.3 is 5.73 Å². The largest absolute Gasteiger partial charge is 0.393 e. The van der Waals surface area contributed by atoms with Gasteiger partial charge in [-0.15, -0.1) is 0 Å². The zero-order chi connectivity index (χ0) is 9.42. The first-order chi connectivity index (χ1) is 6.18. The molecule has 0 saturated carbocycles. The number of nitrogens with zero attached hydrogens (tertiary/aromatic N) is 2. The van der Waals surface area contributed by atoms with Gasteiger partial charge in [-0.05, 0) is 6.07 Å². The van der Waals surface area contributed by atoms with Crippen LogP contribution in [0, 0.1) is 0 Å². The second-order valence-corrected chi connectivity index (χ2v) is 2.71. The average molecular weight is 171 g/mol. The number of nitrogens with two attached hydrogens (primary N) is 1. The summed E-state index contributed by atoms with van der Waals surface area (Å²) in [5.41, 5.74) is 6.26. The summed E-state index contributed by atoms with van der Waals surface area (Å²) in [5, 5.41) is 0. The van der Waals surface area contributed by atoms with E-state index in [9.17, 15) is 4.79 Å². The number of pyridine rings is 1. The Hall–Kier alpha value is -1.78. The number of aromatic nitrogens is 2. The summed E-state index contributed by atoms with van der Waals surface area (Å²) >= 11 is 0. The molecule has 0 bridgehead atoms. The first-order valence-corrected chi connectivity index (χ1v) is 3.71. The molecule has 2 heterocycles. The van der Waals surface area contributed by atoms with Crippen LogP contribution in [0.25, 0.3) is 5.65 Å². The second-order valence-electron chi connectivity index (χ2n) is 2.71. The van der Waals surface area contributed by atoms with E-state index in [2.05, 4.69) is 4.98 Å². The van der Waals surface area contributed by atoms with Gasteiger partial charge in [0.15, 0.2) is 0 Å². The van der Waals surface area contributed by atoms with Crippen LogP contribution in [-0.4, -0.2) is 17.2 Å². The minimum absolute atomic E-state index is 0.114. The van der Waals surface area contributed by atoms with Gasteiger partial charge in [-0.25, -0.2) is 4.98 Å². The molecule has 0 aliphatic carbocycles. The molecule has 13 heavy (non-hydrogen) atoms. The average Bonchev–Trinajstić information content (AvgIpc) is 2.12. The summed E-state index contributed by atoms with van der Waals surface area (Å²) in [7, 11) is 5.51. The van der Waals surface area contributed by atoms with Gasteiger partial charge in [0.25, 0.3) is 5.56 Å². The first kappa shape index (κ1) is 7.85. The lowest BCUT2D eigenvalue weighted by atomic mass is 9.99. The van der Waals surface area contributed by atoms with Crippen molar-refractivity contribution in [1.29, 1.82) is 0 Å². The summed E-state index contributed by atoms with van der Waals surface area (Å²) in [6.45, 7) is 0. The summed E-state index contributed by atoms with van der Waals surface area (Å²) in [6.07, 6.45) is 2.84. The van der Waals surface area contributed by atoms with E-state index in [4.69, 9.17) is 13.6 Å². The first-order valence-electron chi connectivity index (χ1n) is 3.71. The summed E-state index contributed by atoms with van der Waals surface area (Å²) < 4.78 is 1.32. The van der Waals surface area contributed by atoms with E-state index in [0.717, 1.165) is 0 Å². The van der Waals surface area contributed by atoms with Crippen molar-refractivity contribution in [1.82, 2.24) is 9.38 Å². The van der Waals surface area contributed by atoms with E-state index in [0.29, 0.717) is 11.1 Å². The van der Waals surface area contributed by atoms with Crippen LogP contribution in [-0.2, 0) is 0 Å². The highest BCUT2D eigenvalue weighted by Crippen LogP contribution is 1.95. The number of nitrogen functional groups attached to an aromatic ring is 1. The van der Waals surface area contributed by atoms with Gasteiger partial charge in [0.2, 0.25) is 0 Å². The molecule has 2 aromatic rings. The van der Waals surface area contributed by atoms with Crippen molar-refractivity contribution in [3.8, 4) is 0 Å². The Kier molecular flexibility index (Phi) is 1.58. The maximum absolute atomic E-state index is 11.4. The molecule has 0 aliphatic heterocycles. The molecule has 0 aromatic carbocycles. The van der Waals surface area contributed by atoms with Gasteiger partial charge in [0.1, 0.15) is 19.2 Å². The SMILES string of the molecule is [B]c1ccc2ncc(N)c(=O)n2c1. The van der Waals surface area contributed by atoms with Crippen LogP contribution >= 0.6 is 0 Å². The summed E-state index contributed by atoms with van der Waals surface area (Å²) in [6, 6.07) is 3.34. The van der Waals surface area contributed by atoms with Crippen molar-refractivity contribution < 1.29 is 0 Å². The van der Waals surface area contributed by atoms with E-state index < -0.39 is 0 Å². The van der Waals surface area contributed by atoms with Crippen LogP contribution in [0.15, 0.2) is 29.3 Å². The Morgan fingerprint density at radius 2 is 2.23 bits per heavy atom. The van der Waals surface area contributed by atoms with Gasteiger partial charge in [0.05, 0.1) is 6.20 Å². The zero-order valence-electron chi connectivity index (χ0n) is 6.77. The molecule has 0 fully saturated rings. The molecule has 2 aromatic heterocycles. The molecule has 0 amide bonds. The number of hydrogen-bond acceptors (Lipinski definition) is 3. The molecule has 0 unspecified atom stereocenters. The molecule has 2 radical (unpaired) electrons. The van der Waals surface area contributed by atoms with Crippen molar-refractivity contribution in [3.05, 3.63) is 34.9 Å². The third-order valence-corrected chi connectivity index (χ3v) is 1.75. The van der Waals surface area contributed by atoms with Crippen LogP contribution in [0.3, 0.4) is 0 Å². The molecule has 5 heteroatoms. The van der Waals surface area contributed by atoms with E-state index in [1.807, 2.05) is 0 Å². The molecule has 0 atom stereocenters. The van der Waals surface area contributed by atoms with Crippen molar-refractivity contribution in [3.63, 3.8) is 0 Å². The lowest BCUT2D eigenvalue weighted by Crippen LogP contribution is -2.21. The van der Waals surface area contributed by atoms with Gasteiger partial charge in [0, 0.05) is 6.20 Å². The van der Waals surface area contributed by atoms with E-state index in [1.165, 1.54) is 16.8 Å². The Balaban J connectivity index is 2.97. The fourth-order valence-corrected chi connectivity index (χ4v) is 1.11. The van der Waals surface area contributed by atoms with E-state index >= 15 is 0 Å². The molecule has 2 N–H and O–H groups in total. The Morgan fingerprint density at radius 1 is 1.46 bits per heavy atom. The highest BCUT2D eigenvalue weighted by molar-refractivity contribution is 6.32. The Labute approximate surface area is 75.4 Å². The third kappa shape index (κ3) is 1.18. The monoisotopic (exact) mass is 171 g/mol. The van der Waals surface area contributed by atoms with Crippen molar-refractivity contribution in [2.24, 2.45) is 0 Å². The Bertz CT molecular complexity index is 515. The standard InChI is InChI=1S/C8H6BN3O/c9-5-1-2-7-11-3-6(10)8(13)12(7)4-5/h1-4H,10H2. The number of fused-ring (bicyclic) bond motifs is 1. The zero-order valence-corrected chi connectivity index (χ0v) is 6.77. The molecular weight excluding hydrogens is 165 g/mol. The highest BCUT2D eigenvalue weighted by atomic mass is 16.1. The van der Waals surface area contributed by atoms with E-state index in [1.54, 1.807) is 12.1 Å². The number of rotatable bonds is 0. The lowest BCUT2D eigenvalue weighted by Gasteiger charge is -2.01. The Morgan fingerprint density at radius 3 is 3.00 bits per heavy atom. The molecule has 4 nitrogen and oxygen atoms in total. The van der Waals surface area contributed by atoms with Crippen LogP contribution in [0.5, 0.6) is 0 Å². The molecule has 0 spiro atoms. The molecule has 0 saturated heterocycles. The van der Waals surface area contributed by atoms with Crippen LogP contribution in [0.1, 0.15) is 0 Å². The van der Waals surface area contributed by atoms with Crippen molar-refractivity contribution in [2.45, 2.75) is 0 Å². The minimum atomic E-state index is -0.294. The number of anilines is 1. The minimum Gasteiger partial charge on any atom is -0.393 e. The molecule has 0 aliphatic rings. The van der Waals surface area contributed by atoms with Crippen LogP contribution in [0.2, 0.25) is 0 Å². The molecule has 62 valence electrons. The lowest BCUT2D eigenvalue weighted by molar-refractivity contribution is 1.06. The van der Waals surface area contributed by atoms with Gasteiger partial charge in [-0.3, -0.25) is 9.20 Å². The molecule has 2 rings (SSSR count). The summed E-state index contributed by atoms with van der Waals surface area (Å²) in [5.74, 6) is 0. The molecular formula is C8H6BN3O. The smallest absolute Gasteiger partial charge is 0.280 e. The normalized spacial score (nSPS) is 10.5. The maximum Gasteiger partial charge on any atom is 0.280 e. The predicted octanol–water partition coefficient (Wildman–Crippen LogP) is -0.929. The summed E-state index contributed by atoms with van der Waals surface area (Å²) in [4.78, 5) is 15.4. The fourth-order valence-electron chi connectivity index (χ4n) is 1.11. The number of hydrogen-bond donors (Lipinski definition) is 1. The quantitative estimate of drug-likeness (QED) is 0.521. The highest BCUT2D eigenvalue weighted by Gasteiger charge is 1.99. The third-order valence-electron chi connectivity index (χ3n) is 1.75. The fraction of sp³-hybridized carbons (Fsp3) is 0. The van der Waals surface area contributed by atoms with Crippen LogP contribution < -0.4 is 16.8 Å². The van der Waals surface area contributed by atoms with Gasteiger partial charge >= 0.3 is 0 Å². The van der Waals surface area contributed by atoms with Crippen molar-refractivity contribution >= 4 is 24.6 Å². The van der Waals surface area contributed by atoms with Crippen molar-refractivity contribution in [2.75, 3.05) is 5.73 Å². The van der Waals surface area contributed by atoms with Gasteiger partial charge in [-0.1, -0.05) is 11.5 Å².